The van der Waals surface area contributed by atoms with Gasteiger partial charge in [0.1, 0.15) is 13.6 Å². The second kappa shape index (κ2) is 30.1. The van der Waals surface area contributed by atoms with E-state index in [-0.39, 0.29) is 13.0 Å². The Balaban J connectivity index is -0.000000531. The van der Waals surface area contributed by atoms with E-state index in [9.17, 15) is 4.79 Å². The van der Waals surface area contributed by atoms with Crippen molar-refractivity contribution in [3.8, 4) is 0 Å². The minimum absolute atomic E-state index is 0. The number of aromatic nitrogens is 2. The molecule has 2 heterocycles. The Morgan fingerprint density at radius 2 is 1.50 bits per heavy atom. The van der Waals surface area contributed by atoms with Crippen LogP contribution in [-0.4, -0.2) is 72.3 Å². The summed E-state index contributed by atoms with van der Waals surface area (Å²) in [6.07, 6.45) is 9.48. The van der Waals surface area contributed by atoms with Crippen molar-refractivity contribution in [2.45, 2.75) is 74.8 Å². The molecule has 0 bridgehead atoms. The molecule has 0 saturated carbocycles. The first-order valence-corrected chi connectivity index (χ1v) is 13.6. The Morgan fingerprint density at radius 3 is 1.95 bits per heavy atom. The quantitative estimate of drug-likeness (QED) is 0.304. The molecule has 2 aromatic rings. The first-order valence-electron chi connectivity index (χ1n) is 13.6. The maximum atomic E-state index is 11.4. The van der Waals surface area contributed by atoms with Gasteiger partial charge < -0.3 is 14.5 Å². The fourth-order valence-corrected chi connectivity index (χ4v) is 3.52. The Morgan fingerprint density at radius 1 is 1.02 bits per heavy atom. The number of hydrogen-bond acceptors (Lipinski definition) is 8. The zero-order chi connectivity index (χ0) is 30.6. The van der Waals surface area contributed by atoms with Gasteiger partial charge in [0.15, 0.2) is 0 Å². The van der Waals surface area contributed by atoms with E-state index in [2.05, 4.69) is 70.2 Å². The minimum Gasteiger partial charge on any atom is -0.341 e. The lowest BCUT2D eigenvalue weighted by Gasteiger charge is -2.35. The predicted molar refractivity (Wildman–Crippen MR) is 169 cm³/mol. The average molecular weight is 562 g/mol. The molecule has 1 unspecified atom stereocenters. The Labute approximate surface area is 243 Å². The van der Waals surface area contributed by atoms with Gasteiger partial charge in [-0.2, -0.15) is 0 Å². The first kappa shape index (κ1) is 43.6. The van der Waals surface area contributed by atoms with Crippen LogP contribution >= 0.6 is 0 Å². The van der Waals surface area contributed by atoms with Crippen LogP contribution in [-0.2, 0) is 9.59 Å². The molecule has 228 valence electrons. The third-order valence-electron chi connectivity index (χ3n) is 5.51. The van der Waals surface area contributed by atoms with Crippen molar-refractivity contribution >= 4 is 31.5 Å². The van der Waals surface area contributed by atoms with Gasteiger partial charge in [0.25, 0.3) is 5.91 Å². The lowest BCUT2D eigenvalue weighted by Crippen LogP contribution is -2.40. The summed E-state index contributed by atoms with van der Waals surface area (Å²) in [5.74, 6) is 0.669. The Kier molecular flexibility index (Phi) is 32.8. The fraction of sp³-hybridized carbons (Fsp3) is 0.516. The van der Waals surface area contributed by atoms with Gasteiger partial charge in [-0.15, -0.1) is 0 Å². The monoisotopic (exact) mass is 561 g/mol. The number of benzene rings is 1. The lowest BCUT2D eigenvalue weighted by molar-refractivity contribution is -0.0987. The highest BCUT2D eigenvalue weighted by Crippen LogP contribution is 2.22. The second-order valence-corrected chi connectivity index (χ2v) is 7.59. The van der Waals surface area contributed by atoms with Crippen molar-refractivity contribution in [3.05, 3.63) is 59.9 Å². The summed E-state index contributed by atoms with van der Waals surface area (Å²) in [4.78, 5) is 40.4. The molecule has 1 aromatic carbocycles. The second-order valence-electron chi connectivity index (χ2n) is 7.59. The highest BCUT2D eigenvalue weighted by Gasteiger charge is 2.23. The van der Waals surface area contributed by atoms with Crippen LogP contribution in [0.3, 0.4) is 0 Å². The summed E-state index contributed by atoms with van der Waals surface area (Å²) >= 11 is 0. The third-order valence-corrected chi connectivity index (χ3v) is 5.51. The van der Waals surface area contributed by atoms with Gasteiger partial charge in [-0.3, -0.25) is 14.9 Å². The van der Waals surface area contributed by atoms with Crippen molar-refractivity contribution in [2.75, 3.05) is 31.6 Å². The molecule has 0 spiro atoms. The zero-order valence-electron chi connectivity index (χ0n) is 25.3. The van der Waals surface area contributed by atoms with Gasteiger partial charge in [-0.05, 0) is 38.3 Å². The van der Waals surface area contributed by atoms with Crippen LogP contribution < -0.4 is 10.4 Å². The summed E-state index contributed by atoms with van der Waals surface area (Å²) in [7, 11) is 2.18. The van der Waals surface area contributed by atoms with Crippen LogP contribution in [0.4, 0.5) is 5.95 Å². The number of hydroxylamine groups is 1. The molecule has 0 radical (unpaired) electrons. The number of hydrogen-bond donors (Lipinski definition) is 2. The number of anilines is 1. The number of nitrogens with zero attached hydrogens (tertiary/aromatic N) is 4. The van der Waals surface area contributed by atoms with Gasteiger partial charge in [-0.1, -0.05) is 91.5 Å². The smallest absolute Gasteiger partial charge is 0.277 e. The average Bonchev–Trinajstić information content (AvgIpc) is 3.05. The molecule has 9 nitrogen and oxygen atoms in total. The molecule has 9 heteroatoms. The number of carbonyl (C=O) groups excluding carboxylic acids is 3. The largest absolute Gasteiger partial charge is 0.341 e. The third kappa shape index (κ3) is 17.2. The molecule has 1 amide bonds. The zero-order valence-corrected chi connectivity index (χ0v) is 25.3. The van der Waals surface area contributed by atoms with Gasteiger partial charge in [0.2, 0.25) is 5.95 Å². The number of likely N-dealkylation sites (N-methyl/N-ethyl adjacent to an activating group) is 1. The van der Waals surface area contributed by atoms with Crippen molar-refractivity contribution < 1.29 is 19.6 Å². The van der Waals surface area contributed by atoms with Crippen LogP contribution in [0.1, 0.15) is 84.7 Å². The molecular formula is C31H55N5O4. The minimum atomic E-state index is -0.603. The normalized spacial score (nSPS) is 12.5. The Bertz CT molecular complexity index is 841. The van der Waals surface area contributed by atoms with E-state index in [0.717, 1.165) is 32.5 Å². The summed E-state index contributed by atoms with van der Waals surface area (Å²) in [5, 5.41) is 8.66. The van der Waals surface area contributed by atoms with Crippen molar-refractivity contribution in [3.63, 3.8) is 0 Å². The van der Waals surface area contributed by atoms with Gasteiger partial charge in [-0.25, -0.2) is 15.4 Å². The van der Waals surface area contributed by atoms with Crippen molar-refractivity contribution in [1.29, 1.82) is 0 Å². The lowest BCUT2D eigenvalue weighted by atomic mass is 9.96. The van der Waals surface area contributed by atoms with E-state index in [0.29, 0.717) is 17.9 Å². The molecule has 1 aliphatic heterocycles. The van der Waals surface area contributed by atoms with Crippen LogP contribution in [0.15, 0.2) is 48.8 Å². The van der Waals surface area contributed by atoms with Crippen LogP contribution in [0.2, 0.25) is 0 Å². The molecule has 40 heavy (non-hydrogen) atoms. The molecule has 1 aromatic heterocycles. The molecule has 1 saturated heterocycles. The van der Waals surface area contributed by atoms with Crippen molar-refractivity contribution in [1.82, 2.24) is 20.3 Å². The van der Waals surface area contributed by atoms with Gasteiger partial charge in [0, 0.05) is 38.1 Å². The topological polar surface area (TPSA) is 116 Å². The molecule has 1 aliphatic rings. The molecule has 0 aliphatic carbocycles. The summed E-state index contributed by atoms with van der Waals surface area (Å²) in [6, 6.07) is 10.8. The van der Waals surface area contributed by atoms with Gasteiger partial charge in [0.05, 0.1) is 5.56 Å². The molecule has 1 fully saturated rings. The first-order chi connectivity index (χ1) is 19.1. The van der Waals surface area contributed by atoms with Crippen LogP contribution in [0, 0.1) is 5.92 Å². The van der Waals surface area contributed by atoms with E-state index in [1.54, 1.807) is 5.48 Å². The maximum Gasteiger partial charge on any atom is 0.277 e. The highest BCUT2D eigenvalue weighted by atomic mass is 16.5. The van der Waals surface area contributed by atoms with E-state index >= 15 is 0 Å². The summed E-state index contributed by atoms with van der Waals surface area (Å²) in [6.45, 7) is 21.1. The fourth-order valence-electron chi connectivity index (χ4n) is 3.52. The van der Waals surface area contributed by atoms with E-state index in [1.165, 1.54) is 18.0 Å². The highest BCUT2D eigenvalue weighted by molar-refractivity contribution is 5.92. The number of nitrogens with one attached hydrogen (secondary N) is 1. The summed E-state index contributed by atoms with van der Waals surface area (Å²) < 4.78 is 0. The van der Waals surface area contributed by atoms with Crippen molar-refractivity contribution in [2.24, 2.45) is 5.92 Å². The molecular weight excluding hydrogens is 506 g/mol. The maximum absolute atomic E-state index is 11.4. The molecule has 3 rings (SSSR count). The van der Waals surface area contributed by atoms with Crippen LogP contribution in [0.25, 0.3) is 6.08 Å². The SMILES string of the molecule is C.C=O.C=O.CC.CC.CC.CC(/C=C/c1ccccc1)N(C)CC1CCN(c2ncc(C(=O)NO)cn2)CC1. The number of carbonyl (C=O) groups is 3. The van der Waals surface area contributed by atoms with E-state index < -0.39 is 5.91 Å². The predicted octanol–water partition coefficient (Wildman–Crippen LogP) is 6.19. The number of rotatable bonds is 7. The standard InChI is InChI=1S/C22H29N5O2.3C2H6.2CH2O.CH4/c1-17(8-9-18-6-4-3-5-7-18)26(2)16-19-10-12-27(13-11-19)22-23-14-20(15-24-22)21(28)25-29;5*1-2;/h3-9,14-15,17,19,29H,10-13,16H2,1-2H3,(H,25,28);3*1-2H3;2*1H2;1H4/b9-8+;;;;;;. The number of amides is 1. The van der Waals surface area contributed by atoms with Crippen LogP contribution in [0.5, 0.6) is 0 Å². The van der Waals surface area contributed by atoms with E-state index in [1.807, 2.05) is 61.2 Å². The van der Waals surface area contributed by atoms with E-state index in [4.69, 9.17) is 14.8 Å². The summed E-state index contributed by atoms with van der Waals surface area (Å²) in [5.41, 5.74) is 3.06. The Hall–Kier alpha value is -3.43. The molecule has 2 N–H and O–H groups in total. The number of piperidine rings is 1. The molecule has 1 atom stereocenters. The van der Waals surface area contributed by atoms with Gasteiger partial charge >= 0.3 is 0 Å².